The number of guanidine groups is 1. The highest BCUT2D eigenvalue weighted by Crippen LogP contribution is 2.31. The van der Waals surface area contributed by atoms with E-state index in [0.717, 1.165) is 18.4 Å². The molecule has 2 aliphatic rings. The van der Waals surface area contributed by atoms with Crippen LogP contribution < -0.4 is 5.32 Å². The van der Waals surface area contributed by atoms with Gasteiger partial charge in [0, 0.05) is 18.7 Å². The summed E-state index contributed by atoms with van der Waals surface area (Å²) in [6, 6.07) is 3.82. The van der Waals surface area contributed by atoms with Crippen molar-refractivity contribution in [1.29, 1.82) is 0 Å². The fourth-order valence-corrected chi connectivity index (χ4v) is 2.43. The van der Waals surface area contributed by atoms with Crippen molar-refractivity contribution in [2.45, 2.75) is 31.5 Å². The minimum absolute atomic E-state index is 0.196. The van der Waals surface area contributed by atoms with E-state index in [-0.39, 0.29) is 25.0 Å². The first-order valence-electron chi connectivity index (χ1n) is 6.61. The topological polar surface area (TPSA) is 92.9 Å². The van der Waals surface area contributed by atoms with E-state index in [9.17, 15) is 10.1 Å². The third kappa shape index (κ3) is 3.40. The van der Waals surface area contributed by atoms with Crippen LogP contribution in [0.3, 0.4) is 0 Å². The summed E-state index contributed by atoms with van der Waals surface area (Å²) >= 11 is 5.77. The van der Waals surface area contributed by atoms with E-state index >= 15 is 0 Å². The first kappa shape index (κ1) is 14.0. The smallest absolute Gasteiger partial charge is 0.275 e. The third-order valence-corrected chi connectivity index (χ3v) is 3.60. The molecule has 2 heterocycles. The van der Waals surface area contributed by atoms with Crippen LogP contribution in [-0.2, 0) is 11.2 Å². The fraction of sp³-hybridized carbons (Fsp3) is 0.500. The van der Waals surface area contributed by atoms with Gasteiger partial charge in [-0.25, -0.2) is 15.1 Å². The number of hydrogen-bond acceptors (Lipinski definition) is 4. The standard InChI is InChI=1S/C12H14ClN5O3/c13-10-4-1-8(6-14-10)5-11-17(9-2-3-9)12(15-7-21-11)16-18(19)20/h1,4,6,9,11H,2-3,5,7H2,(H,15,16). The average molecular weight is 312 g/mol. The Morgan fingerprint density at radius 3 is 3.00 bits per heavy atom. The molecule has 0 bridgehead atoms. The van der Waals surface area contributed by atoms with Gasteiger partial charge in [0.15, 0.2) is 5.03 Å². The maximum absolute atomic E-state index is 10.6. The molecular formula is C12H14ClN5O3. The second-order valence-corrected chi connectivity index (χ2v) is 5.32. The molecule has 1 atom stereocenters. The van der Waals surface area contributed by atoms with Crippen LogP contribution in [0, 0.1) is 10.1 Å². The van der Waals surface area contributed by atoms with Crippen molar-refractivity contribution in [1.82, 2.24) is 15.2 Å². The Kier molecular flexibility index (Phi) is 3.89. The highest BCUT2D eigenvalue weighted by atomic mass is 35.5. The minimum atomic E-state index is -0.691. The molecule has 8 nitrogen and oxygen atoms in total. The van der Waals surface area contributed by atoms with Crippen molar-refractivity contribution in [3.63, 3.8) is 0 Å². The zero-order valence-corrected chi connectivity index (χ0v) is 11.9. The van der Waals surface area contributed by atoms with Crippen molar-refractivity contribution >= 4 is 17.6 Å². The van der Waals surface area contributed by atoms with Crippen molar-refractivity contribution in [3.05, 3.63) is 39.2 Å². The maximum atomic E-state index is 10.6. The normalized spacial score (nSPS) is 24.0. The van der Waals surface area contributed by atoms with Gasteiger partial charge in [-0.2, -0.15) is 0 Å². The van der Waals surface area contributed by atoms with Crippen LogP contribution in [-0.4, -0.2) is 39.9 Å². The Bertz CT molecular complexity index is 561. The van der Waals surface area contributed by atoms with Crippen molar-refractivity contribution in [2.24, 2.45) is 5.10 Å². The molecule has 0 aromatic carbocycles. The monoisotopic (exact) mass is 311 g/mol. The number of nitrogens with zero attached hydrogens (tertiary/aromatic N) is 4. The van der Waals surface area contributed by atoms with Gasteiger partial charge < -0.3 is 15.0 Å². The number of nitro groups is 1. The number of hydrazone groups is 1. The van der Waals surface area contributed by atoms with Gasteiger partial charge in [0.1, 0.15) is 23.2 Å². The second kappa shape index (κ2) is 5.82. The van der Waals surface area contributed by atoms with E-state index in [2.05, 4.69) is 15.4 Å². The lowest BCUT2D eigenvalue weighted by Crippen LogP contribution is -2.56. The van der Waals surface area contributed by atoms with E-state index in [0.29, 0.717) is 11.6 Å². The summed E-state index contributed by atoms with van der Waals surface area (Å²) in [4.78, 5) is 16.5. The molecule has 9 heteroatoms. The molecule has 1 aliphatic carbocycles. The molecule has 1 unspecified atom stereocenters. The zero-order chi connectivity index (χ0) is 14.8. The molecule has 21 heavy (non-hydrogen) atoms. The Hall–Kier alpha value is -1.93. The number of rotatable bonds is 4. The van der Waals surface area contributed by atoms with Crippen molar-refractivity contribution < 1.29 is 9.77 Å². The Labute approximate surface area is 125 Å². The molecule has 0 radical (unpaired) electrons. The first-order chi connectivity index (χ1) is 10.1. The lowest BCUT2D eigenvalue weighted by molar-refractivity contribution is -0.486. The summed E-state index contributed by atoms with van der Waals surface area (Å²) in [6.45, 7) is 0.196. The van der Waals surface area contributed by atoms with Gasteiger partial charge in [0.2, 0.25) is 0 Å². The number of hydrogen-bond donors (Lipinski definition) is 1. The molecule has 1 N–H and O–H groups in total. The fourth-order valence-electron chi connectivity index (χ4n) is 2.32. The molecule has 0 amide bonds. The van der Waals surface area contributed by atoms with Gasteiger partial charge in [0.25, 0.3) is 5.96 Å². The molecular weight excluding hydrogens is 298 g/mol. The molecule has 2 fully saturated rings. The summed E-state index contributed by atoms with van der Waals surface area (Å²) in [5.41, 5.74) is 0.956. The van der Waals surface area contributed by atoms with Gasteiger partial charge in [-0.15, -0.1) is 0 Å². The van der Waals surface area contributed by atoms with Crippen LogP contribution in [0.4, 0.5) is 0 Å². The summed E-state index contributed by atoms with van der Waals surface area (Å²) in [7, 11) is 0. The number of nitrogens with one attached hydrogen (secondary N) is 1. The SMILES string of the molecule is O=[N+]([O-])N=C1NCOC(Cc2ccc(Cl)nc2)N1C1CC1. The molecule has 1 saturated heterocycles. The maximum Gasteiger partial charge on any atom is 0.275 e. The van der Waals surface area contributed by atoms with Crippen molar-refractivity contribution in [2.75, 3.05) is 6.73 Å². The summed E-state index contributed by atoms with van der Waals surface area (Å²) in [5.74, 6) is 0.265. The van der Waals surface area contributed by atoms with E-state index in [1.807, 2.05) is 11.0 Å². The average Bonchev–Trinajstić information content (AvgIpc) is 3.25. The van der Waals surface area contributed by atoms with Gasteiger partial charge >= 0.3 is 0 Å². The van der Waals surface area contributed by atoms with Gasteiger partial charge in [-0.05, 0) is 24.5 Å². The Morgan fingerprint density at radius 2 is 2.38 bits per heavy atom. The third-order valence-electron chi connectivity index (χ3n) is 3.38. The second-order valence-electron chi connectivity index (χ2n) is 4.94. The molecule has 1 aromatic heterocycles. The van der Waals surface area contributed by atoms with Gasteiger partial charge in [-0.3, -0.25) is 0 Å². The van der Waals surface area contributed by atoms with Crippen LogP contribution >= 0.6 is 11.6 Å². The van der Waals surface area contributed by atoms with E-state index in [1.54, 1.807) is 12.3 Å². The minimum Gasteiger partial charge on any atom is -0.338 e. The van der Waals surface area contributed by atoms with E-state index in [4.69, 9.17) is 16.3 Å². The van der Waals surface area contributed by atoms with Crippen LogP contribution in [0.1, 0.15) is 18.4 Å². The van der Waals surface area contributed by atoms with Gasteiger partial charge in [-0.1, -0.05) is 17.7 Å². The lowest BCUT2D eigenvalue weighted by atomic mass is 10.1. The Morgan fingerprint density at radius 1 is 1.57 bits per heavy atom. The molecule has 1 aliphatic heterocycles. The predicted molar refractivity (Wildman–Crippen MR) is 75.1 cm³/mol. The van der Waals surface area contributed by atoms with E-state index in [1.165, 1.54) is 0 Å². The summed E-state index contributed by atoms with van der Waals surface area (Å²) in [5, 5.41) is 16.6. The van der Waals surface area contributed by atoms with Crippen LogP contribution in [0.25, 0.3) is 0 Å². The largest absolute Gasteiger partial charge is 0.338 e. The number of pyridine rings is 1. The van der Waals surface area contributed by atoms with Crippen LogP contribution in [0.15, 0.2) is 23.4 Å². The molecule has 1 saturated carbocycles. The first-order valence-corrected chi connectivity index (χ1v) is 6.98. The number of ether oxygens (including phenoxy) is 1. The predicted octanol–water partition coefficient (Wildman–Crippen LogP) is 1.19. The quantitative estimate of drug-likeness (QED) is 0.510. The summed E-state index contributed by atoms with van der Waals surface area (Å²) < 4.78 is 5.69. The van der Waals surface area contributed by atoms with E-state index < -0.39 is 5.03 Å². The Balaban J connectivity index is 1.79. The lowest BCUT2D eigenvalue weighted by Gasteiger charge is -2.37. The van der Waals surface area contributed by atoms with Crippen LogP contribution in [0.5, 0.6) is 0 Å². The highest BCUT2D eigenvalue weighted by Gasteiger charge is 2.40. The molecule has 1 aromatic rings. The van der Waals surface area contributed by atoms with Crippen LogP contribution in [0.2, 0.25) is 5.15 Å². The number of halogens is 1. The van der Waals surface area contributed by atoms with Gasteiger partial charge in [0.05, 0.1) is 0 Å². The molecule has 0 spiro atoms. The molecule has 112 valence electrons. The number of aromatic nitrogens is 1. The zero-order valence-electron chi connectivity index (χ0n) is 11.1. The molecule has 3 rings (SSSR count). The highest BCUT2D eigenvalue weighted by molar-refractivity contribution is 6.29. The van der Waals surface area contributed by atoms with Crippen molar-refractivity contribution in [3.8, 4) is 0 Å². The summed E-state index contributed by atoms with van der Waals surface area (Å²) in [6.07, 6.45) is 3.93.